The fraction of sp³-hybridized carbons (Fsp3) is 0.667. The Kier molecular flexibility index (Phi) is 6.43. The molecule has 2 aliphatic rings. The number of thiophene rings is 1. The van der Waals surface area contributed by atoms with E-state index in [-0.39, 0.29) is 16.8 Å². The molecule has 0 radical (unpaired) electrons. The summed E-state index contributed by atoms with van der Waals surface area (Å²) in [6.45, 7) is 6.03. The van der Waals surface area contributed by atoms with E-state index in [2.05, 4.69) is 12.2 Å². The van der Waals surface area contributed by atoms with E-state index in [1.807, 2.05) is 4.90 Å². The maximum Gasteiger partial charge on any atom is 0.324 e. The molecule has 1 unspecified atom stereocenters. The fourth-order valence-electron chi connectivity index (χ4n) is 3.87. The van der Waals surface area contributed by atoms with Crippen molar-refractivity contribution in [2.24, 2.45) is 5.92 Å². The normalized spacial score (nSPS) is 20.9. The number of hydrogen-bond acceptors (Lipinski definition) is 6. The van der Waals surface area contributed by atoms with Crippen LogP contribution < -0.4 is 5.32 Å². The lowest BCUT2D eigenvalue weighted by molar-refractivity contribution is -0.380. The Morgan fingerprint density at radius 2 is 2.00 bits per heavy atom. The molecule has 0 aromatic carbocycles. The Labute approximate surface area is 162 Å². The van der Waals surface area contributed by atoms with Gasteiger partial charge in [-0.1, -0.05) is 18.3 Å². The molecular formula is C18H26N4O4S. The van der Waals surface area contributed by atoms with Crippen molar-refractivity contribution in [1.82, 2.24) is 15.1 Å². The molecule has 2 fully saturated rings. The Bertz CT molecular complexity index is 699. The zero-order chi connectivity index (χ0) is 19.4. The number of hydrogen-bond donors (Lipinski definition) is 1. The number of carbonyl (C=O) groups excluding carboxylic acids is 2. The second kappa shape index (κ2) is 8.79. The van der Waals surface area contributed by atoms with Crippen LogP contribution in [0.2, 0.25) is 0 Å². The van der Waals surface area contributed by atoms with Gasteiger partial charge < -0.3 is 15.1 Å². The zero-order valence-electron chi connectivity index (χ0n) is 15.6. The number of nitro groups is 1. The van der Waals surface area contributed by atoms with Gasteiger partial charge in [-0.25, -0.2) is 0 Å². The number of carbonyl (C=O) groups is 2. The van der Waals surface area contributed by atoms with Gasteiger partial charge in [0.2, 0.25) is 5.91 Å². The van der Waals surface area contributed by atoms with Crippen LogP contribution in [0.4, 0.5) is 5.00 Å². The SMILES string of the molecule is CCNCC1CCN(C(=O)C2CCCN2C(=O)c2ccc([N+](=O)[O-])s2)CC1. The number of nitrogens with zero attached hydrogens (tertiary/aromatic N) is 3. The minimum atomic E-state index is -0.494. The average Bonchev–Trinajstić information content (AvgIpc) is 3.35. The quantitative estimate of drug-likeness (QED) is 0.589. The van der Waals surface area contributed by atoms with Crippen molar-refractivity contribution in [3.63, 3.8) is 0 Å². The number of likely N-dealkylation sites (tertiary alicyclic amines) is 2. The highest BCUT2D eigenvalue weighted by atomic mass is 32.1. The molecule has 9 heteroatoms. The molecule has 0 bridgehead atoms. The van der Waals surface area contributed by atoms with E-state index in [4.69, 9.17) is 0 Å². The summed E-state index contributed by atoms with van der Waals surface area (Å²) >= 11 is 0.871. The summed E-state index contributed by atoms with van der Waals surface area (Å²) in [5.74, 6) is 0.349. The number of nitrogens with one attached hydrogen (secondary N) is 1. The van der Waals surface area contributed by atoms with Crippen LogP contribution in [0.15, 0.2) is 12.1 Å². The molecule has 27 heavy (non-hydrogen) atoms. The van der Waals surface area contributed by atoms with Gasteiger partial charge in [0.15, 0.2) is 0 Å². The van der Waals surface area contributed by atoms with Gasteiger partial charge in [-0.15, -0.1) is 0 Å². The highest BCUT2D eigenvalue weighted by molar-refractivity contribution is 7.17. The van der Waals surface area contributed by atoms with Gasteiger partial charge >= 0.3 is 5.00 Å². The first-order chi connectivity index (χ1) is 13.0. The summed E-state index contributed by atoms with van der Waals surface area (Å²) in [7, 11) is 0. The van der Waals surface area contributed by atoms with Crippen LogP contribution in [0.1, 0.15) is 42.3 Å². The molecule has 2 aliphatic heterocycles. The third-order valence-electron chi connectivity index (χ3n) is 5.39. The maximum atomic E-state index is 13.0. The van der Waals surface area contributed by atoms with Crippen molar-refractivity contribution in [2.45, 2.75) is 38.6 Å². The molecule has 148 valence electrons. The van der Waals surface area contributed by atoms with Crippen LogP contribution >= 0.6 is 11.3 Å². The Morgan fingerprint density at radius 1 is 1.26 bits per heavy atom. The molecule has 0 aliphatic carbocycles. The summed E-state index contributed by atoms with van der Waals surface area (Å²) in [5.41, 5.74) is 0. The molecule has 0 saturated carbocycles. The van der Waals surface area contributed by atoms with E-state index >= 15 is 0 Å². The van der Waals surface area contributed by atoms with Crippen LogP contribution in [0.3, 0.4) is 0 Å². The van der Waals surface area contributed by atoms with Crippen LogP contribution in [-0.2, 0) is 4.79 Å². The average molecular weight is 394 g/mol. The molecule has 2 amide bonds. The van der Waals surface area contributed by atoms with Crippen molar-refractivity contribution in [3.8, 4) is 0 Å². The third kappa shape index (κ3) is 4.47. The molecule has 1 aromatic rings. The van der Waals surface area contributed by atoms with E-state index in [1.165, 1.54) is 12.1 Å². The van der Waals surface area contributed by atoms with Crippen LogP contribution in [0, 0.1) is 16.0 Å². The van der Waals surface area contributed by atoms with E-state index in [0.29, 0.717) is 23.8 Å². The molecular weight excluding hydrogens is 368 g/mol. The molecule has 1 aromatic heterocycles. The van der Waals surface area contributed by atoms with Crippen molar-refractivity contribution in [1.29, 1.82) is 0 Å². The lowest BCUT2D eigenvalue weighted by Gasteiger charge is -2.35. The van der Waals surface area contributed by atoms with Gasteiger partial charge in [0.05, 0.1) is 9.80 Å². The molecule has 0 spiro atoms. The molecule has 3 rings (SSSR count). The minimum Gasteiger partial charge on any atom is -0.341 e. The van der Waals surface area contributed by atoms with E-state index < -0.39 is 11.0 Å². The zero-order valence-corrected chi connectivity index (χ0v) is 16.4. The van der Waals surface area contributed by atoms with Gasteiger partial charge in [0.1, 0.15) is 6.04 Å². The van der Waals surface area contributed by atoms with Crippen LogP contribution in [0.5, 0.6) is 0 Å². The molecule has 2 saturated heterocycles. The standard InChI is InChI=1S/C18H26N4O4S/c1-2-19-12-13-7-10-20(11-8-13)17(23)14-4-3-9-21(14)18(24)15-5-6-16(27-15)22(25)26/h5-6,13-14,19H,2-4,7-12H2,1H3. The number of rotatable bonds is 6. The highest BCUT2D eigenvalue weighted by Crippen LogP contribution is 2.29. The van der Waals surface area contributed by atoms with Gasteiger partial charge in [0.25, 0.3) is 5.91 Å². The van der Waals surface area contributed by atoms with Crippen molar-refractivity contribution in [2.75, 3.05) is 32.7 Å². The molecule has 1 N–H and O–H groups in total. The van der Waals surface area contributed by atoms with E-state index in [1.54, 1.807) is 4.90 Å². The summed E-state index contributed by atoms with van der Waals surface area (Å²) in [6.07, 6.45) is 3.41. The second-order valence-corrected chi connectivity index (χ2v) is 8.19. The lowest BCUT2D eigenvalue weighted by atomic mass is 9.96. The monoisotopic (exact) mass is 394 g/mol. The van der Waals surface area contributed by atoms with Gasteiger partial charge in [-0.2, -0.15) is 0 Å². The van der Waals surface area contributed by atoms with Crippen molar-refractivity contribution in [3.05, 3.63) is 27.1 Å². The second-order valence-electron chi connectivity index (χ2n) is 7.13. The van der Waals surface area contributed by atoms with Gasteiger partial charge in [0, 0.05) is 25.7 Å². The van der Waals surface area contributed by atoms with Crippen molar-refractivity contribution >= 4 is 28.2 Å². The fourth-order valence-corrected chi connectivity index (χ4v) is 4.64. The Balaban J connectivity index is 1.61. The first kappa shape index (κ1) is 19.8. The maximum absolute atomic E-state index is 13.0. The highest BCUT2D eigenvalue weighted by Gasteiger charge is 2.38. The van der Waals surface area contributed by atoms with Gasteiger partial charge in [-0.05, 0) is 50.8 Å². The number of piperidine rings is 1. The third-order valence-corrected chi connectivity index (χ3v) is 6.42. The van der Waals surface area contributed by atoms with Crippen LogP contribution in [-0.4, -0.2) is 65.3 Å². The minimum absolute atomic E-state index is 0.0220. The first-order valence-electron chi connectivity index (χ1n) is 9.56. The molecule has 8 nitrogen and oxygen atoms in total. The smallest absolute Gasteiger partial charge is 0.324 e. The first-order valence-corrected chi connectivity index (χ1v) is 10.4. The van der Waals surface area contributed by atoms with E-state index in [0.717, 1.165) is 56.8 Å². The largest absolute Gasteiger partial charge is 0.341 e. The van der Waals surface area contributed by atoms with E-state index in [9.17, 15) is 19.7 Å². The lowest BCUT2D eigenvalue weighted by Crippen LogP contribution is -2.50. The summed E-state index contributed by atoms with van der Waals surface area (Å²) in [6, 6.07) is 2.39. The molecule has 1 atom stereocenters. The summed E-state index contributed by atoms with van der Waals surface area (Å²) in [4.78, 5) is 39.9. The Hall–Kier alpha value is -2.00. The van der Waals surface area contributed by atoms with Crippen LogP contribution in [0.25, 0.3) is 0 Å². The van der Waals surface area contributed by atoms with Crippen molar-refractivity contribution < 1.29 is 14.5 Å². The van der Waals surface area contributed by atoms with Gasteiger partial charge in [-0.3, -0.25) is 19.7 Å². The predicted molar refractivity (Wildman–Crippen MR) is 103 cm³/mol. The summed E-state index contributed by atoms with van der Waals surface area (Å²) < 4.78 is 0. The Morgan fingerprint density at radius 3 is 2.63 bits per heavy atom. The topological polar surface area (TPSA) is 95.8 Å². The summed E-state index contributed by atoms with van der Waals surface area (Å²) in [5, 5.41) is 14.2. The molecule has 3 heterocycles. The predicted octanol–water partition coefficient (Wildman–Crippen LogP) is 2.11. The number of amides is 2.